The zero-order valence-corrected chi connectivity index (χ0v) is 11.0. The quantitative estimate of drug-likeness (QED) is 0.806. The molecule has 0 aromatic rings. The van der Waals surface area contributed by atoms with Crippen LogP contribution in [0.15, 0.2) is 0 Å². The van der Waals surface area contributed by atoms with E-state index in [1.165, 1.54) is 45.3 Å². The van der Waals surface area contributed by atoms with Gasteiger partial charge in [-0.15, -0.1) is 0 Å². The van der Waals surface area contributed by atoms with Gasteiger partial charge in [-0.25, -0.2) is 0 Å². The molecule has 3 heteroatoms. The van der Waals surface area contributed by atoms with E-state index >= 15 is 0 Å². The third kappa shape index (κ3) is 2.83. The Morgan fingerprint density at radius 1 is 1.29 bits per heavy atom. The molecule has 0 radical (unpaired) electrons. The van der Waals surface area contributed by atoms with Gasteiger partial charge in [0.15, 0.2) is 0 Å². The molecule has 2 heterocycles. The molecule has 1 N–H and O–H groups in total. The minimum Gasteiger partial charge on any atom is -0.381 e. The van der Waals surface area contributed by atoms with Crippen molar-refractivity contribution in [2.75, 3.05) is 32.8 Å². The molecule has 0 aromatic carbocycles. The lowest BCUT2D eigenvalue weighted by molar-refractivity contribution is 0.124. The Kier molecular flexibility index (Phi) is 3.69. The highest BCUT2D eigenvalue weighted by Gasteiger charge is 2.35. The minimum absolute atomic E-state index is 0.707. The van der Waals surface area contributed by atoms with Crippen LogP contribution < -0.4 is 5.32 Å². The van der Waals surface area contributed by atoms with Gasteiger partial charge in [-0.2, -0.15) is 0 Å². The molecule has 0 bridgehead atoms. The molecule has 1 saturated carbocycles. The highest BCUT2D eigenvalue weighted by atomic mass is 16.5. The zero-order valence-electron chi connectivity index (χ0n) is 11.0. The van der Waals surface area contributed by atoms with E-state index in [1.54, 1.807) is 0 Å². The van der Waals surface area contributed by atoms with Crippen LogP contribution in [0.4, 0.5) is 0 Å². The van der Waals surface area contributed by atoms with Crippen molar-refractivity contribution in [2.45, 2.75) is 44.7 Å². The summed E-state index contributed by atoms with van der Waals surface area (Å²) in [5.74, 6) is 1.75. The van der Waals surface area contributed by atoms with Gasteiger partial charge in [0.25, 0.3) is 0 Å². The van der Waals surface area contributed by atoms with Crippen LogP contribution >= 0.6 is 0 Å². The summed E-state index contributed by atoms with van der Waals surface area (Å²) in [5.41, 5.74) is 0. The van der Waals surface area contributed by atoms with Crippen molar-refractivity contribution in [3.05, 3.63) is 0 Å². The lowest BCUT2D eigenvalue weighted by atomic mass is 9.98. The van der Waals surface area contributed by atoms with Gasteiger partial charge in [-0.05, 0) is 57.5 Å². The van der Waals surface area contributed by atoms with Crippen molar-refractivity contribution in [1.82, 2.24) is 10.2 Å². The summed E-state index contributed by atoms with van der Waals surface area (Å²) < 4.78 is 5.54. The van der Waals surface area contributed by atoms with Crippen molar-refractivity contribution in [3.8, 4) is 0 Å². The van der Waals surface area contributed by atoms with Crippen LogP contribution in [0.2, 0.25) is 0 Å². The van der Waals surface area contributed by atoms with Crippen LogP contribution in [0, 0.1) is 11.8 Å². The van der Waals surface area contributed by atoms with Gasteiger partial charge in [0.05, 0.1) is 6.61 Å². The van der Waals surface area contributed by atoms with Crippen molar-refractivity contribution in [1.29, 1.82) is 0 Å². The molecule has 98 valence electrons. The predicted octanol–water partition coefficient (Wildman–Crippen LogP) is 1.49. The van der Waals surface area contributed by atoms with Gasteiger partial charge in [0, 0.05) is 25.2 Å². The second kappa shape index (κ2) is 5.25. The van der Waals surface area contributed by atoms with Gasteiger partial charge in [-0.3, -0.25) is 4.90 Å². The van der Waals surface area contributed by atoms with Gasteiger partial charge in [0.2, 0.25) is 0 Å². The number of ether oxygens (including phenoxy) is 1. The lowest BCUT2D eigenvalue weighted by Gasteiger charge is -2.33. The number of hydrogen-bond acceptors (Lipinski definition) is 3. The predicted molar refractivity (Wildman–Crippen MR) is 69.1 cm³/mol. The van der Waals surface area contributed by atoms with Gasteiger partial charge >= 0.3 is 0 Å². The smallest absolute Gasteiger partial charge is 0.0509 e. The van der Waals surface area contributed by atoms with Crippen LogP contribution in [-0.2, 0) is 4.74 Å². The Bertz CT molecular complexity index is 249. The van der Waals surface area contributed by atoms with E-state index in [0.29, 0.717) is 6.04 Å². The Labute approximate surface area is 105 Å². The lowest BCUT2D eigenvalue weighted by Crippen LogP contribution is -2.45. The fraction of sp³-hybridized carbons (Fsp3) is 1.00. The number of hydrogen-bond donors (Lipinski definition) is 1. The second-order valence-electron chi connectivity index (χ2n) is 6.11. The maximum absolute atomic E-state index is 5.54. The summed E-state index contributed by atoms with van der Waals surface area (Å²) in [6.45, 7) is 8.13. The first-order valence-corrected chi connectivity index (χ1v) is 7.40. The average Bonchev–Trinajstić information content (AvgIpc) is 3.08. The van der Waals surface area contributed by atoms with Crippen molar-refractivity contribution < 1.29 is 4.74 Å². The first-order valence-electron chi connectivity index (χ1n) is 7.40. The van der Waals surface area contributed by atoms with Gasteiger partial charge in [-0.1, -0.05) is 0 Å². The van der Waals surface area contributed by atoms with Crippen LogP contribution in [0.25, 0.3) is 0 Å². The van der Waals surface area contributed by atoms with Crippen LogP contribution in [0.5, 0.6) is 0 Å². The molecular weight excluding hydrogens is 212 g/mol. The van der Waals surface area contributed by atoms with Crippen molar-refractivity contribution in [3.63, 3.8) is 0 Å². The normalized spacial score (nSPS) is 37.9. The highest BCUT2D eigenvalue weighted by molar-refractivity contribution is 4.92. The molecule has 3 fully saturated rings. The van der Waals surface area contributed by atoms with Gasteiger partial charge < -0.3 is 10.1 Å². The fourth-order valence-corrected chi connectivity index (χ4v) is 3.39. The molecule has 3 atom stereocenters. The fourth-order valence-electron chi connectivity index (χ4n) is 3.39. The van der Waals surface area contributed by atoms with E-state index in [2.05, 4.69) is 17.1 Å². The summed E-state index contributed by atoms with van der Waals surface area (Å²) in [6, 6.07) is 1.47. The molecule has 3 aliphatic rings. The van der Waals surface area contributed by atoms with E-state index in [0.717, 1.165) is 31.1 Å². The Hall–Kier alpha value is -0.120. The molecule has 2 saturated heterocycles. The van der Waals surface area contributed by atoms with E-state index in [4.69, 9.17) is 4.74 Å². The summed E-state index contributed by atoms with van der Waals surface area (Å²) in [7, 11) is 0. The van der Waals surface area contributed by atoms with Crippen LogP contribution in [0.1, 0.15) is 32.6 Å². The average molecular weight is 238 g/mol. The maximum atomic E-state index is 5.54. The SMILES string of the molecule is CC(C1CCOC1)N1CCCNC(C2CC2)C1. The Morgan fingerprint density at radius 3 is 2.88 bits per heavy atom. The Morgan fingerprint density at radius 2 is 2.18 bits per heavy atom. The standard InChI is InChI=1S/C14H26N2O/c1-11(13-5-8-17-10-13)16-7-2-6-15-14(9-16)12-3-4-12/h11-15H,2-10H2,1H3. The minimum atomic E-state index is 0.707. The second-order valence-corrected chi connectivity index (χ2v) is 6.11. The molecule has 1 aliphatic carbocycles. The summed E-state index contributed by atoms with van der Waals surface area (Å²) >= 11 is 0. The first-order chi connectivity index (χ1) is 8.34. The Balaban J connectivity index is 1.59. The maximum Gasteiger partial charge on any atom is 0.0509 e. The molecule has 3 nitrogen and oxygen atoms in total. The molecule has 2 aliphatic heterocycles. The molecule has 3 rings (SSSR count). The molecule has 0 amide bonds. The number of nitrogens with one attached hydrogen (secondary N) is 1. The van der Waals surface area contributed by atoms with Crippen molar-refractivity contribution in [2.24, 2.45) is 11.8 Å². The summed E-state index contributed by atoms with van der Waals surface area (Å²) in [5, 5.41) is 3.75. The van der Waals surface area contributed by atoms with Crippen LogP contribution in [-0.4, -0.2) is 49.8 Å². The number of nitrogens with zero attached hydrogens (tertiary/aromatic N) is 1. The molecule has 0 spiro atoms. The third-order valence-corrected chi connectivity index (χ3v) is 4.87. The van der Waals surface area contributed by atoms with E-state index < -0.39 is 0 Å². The van der Waals surface area contributed by atoms with E-state index in [9.17, 15) is 0 Å². The topological polar surface area (TPSA) is 24.5 Å². The molecule has 17 heavy (non-hydrogen) atoms. The number of rotatable bonds is 3. The zero-order chi connectivity index (χ0) is 11.7. The molecule has 3 unspecified atom stereocenters. The third-order valence-electron chi connectivity index (χ3n) is 4.87. The van der Waals surface area contributed by atoms with E-state index in [1.807, 2.05) is 0 Å². The largest absolute Gasteiger partial charge is 0.381 e. The summed E-state index contributed by atoms with van der Waals surface area (Å²) in [4.78, 5) is 2.72. The molecule has 0 aromatic heterocycles. The molecular formula is C14H26N2O. The van der Waals surface area contributed by atoms with E-state index in [-0.39, 0.29) is 0 Å². The van der Waals surface area contributed by atoms with Gasteiger partial charge in [0.1, 0.15) is 0 Å². The summed E-state index contributed by atoms with van der Waals surface area (Å²) in [6.07, 6.45) is 5.47. The highest BCUT2D eigenvalue weighted by Crippen LogP contribution is 2.34. The first kappa shape index (κ1) is 11.9. The van der Waals surface area contributed by atoms with Crippen molar-refractivity contribution >= 4 is 0 Å². The van der Waals surface area contributed by atoms with Crippen LogP contribution in [0.3, 0.4) is 0 Å². The monoisotopic (exact) mass is 238 g/mol.